The molecule has 100 valence electrons. The number of nitrogens with two attached hydrogens (primary N) is 1. The molecule has 0 aliphatic carbocycles. The maximum absolute atomic E-state index is 9.79. The first-order valence-electron chi connectivity index (χ1n) is 5.45. The molecule has 0 radical (unpaired) electrons. The van der Waals surface area contributed by atoms with Gasteiger partial charge in [0.15, 0.2) is 5.84 Å². The van der Waals surface area contributed by atoms with Crippen LogP contribution in [0.3, 0.4) is 0 Å². The Morgan fingerprint density at radius 2 is 2.11 bits per heavy atom. The summed E-state index contributed by atoms with van der Waals surface area (Å²) in [6.45, 7) is 4.00. The van der Waals surface area contributed by atoms with Crippen molar-refractivity contribution < 1.29 is 10.3 Å². The fraction of sp³-hybridized carbons (Fsp3) is 0.417. The molecule has 0 amide bonds. The number of anilines is 1. The number of likely N-dealkylation sites (N-methyl/N-ethyl adjacent to an activating group) is 1. The lowest BCUT2D eigenvalue weighted by Gasteiger charge is -2.28. The van der Waals surface area contributed by atoms with Gasteiger partial charge in [-0.3, -0.25) is 0 Å². The third kappa shape index (κ3) is 3.89. The molecule has 0 spiro atoms. The molecular formula is C12H18BrN3O2. The molecule has 0 aliphatic rings. The Balaban J connectivity index is 2.99. The van der Waals surface area contributed by atoms with E-state index >= 15 is 0 Å². The van der Waals surface area contributed by atoms with Crippen LogP contribution in [0.1, 0.15) is 19.4 Å². The van der Waals surface area contributed by atoms with Gasteiger partial charge in [0.05, 0.1) is 11.3 Å². The first kappa shape index (κ1) is 14.8. The summed E-state index contributed by atoms with van der Waals surface area (Å²) in [5.74, 6) is 0.0624. The number of hydrogen-bond acceptors (Lipinski definition) is 4. The van der Waals surface area contributed by atoms with Gasteiger partial charge in [-0.25, -0.2) is 0 Å². The lowest BCUT2D eigenvalue weighted by molar-refractivity contribution is 0.0886. The molecule has 0 bridgehead atoms. The fourth-order valence-electron chi connectivity index (χ4n) is 1.70. The van der Waals surface area contributed by atoms with Gasteiger partial charge in [0.2, 0.25) is 0 Å². The van der Waals surface area contributed by atoms with Crippen molar-refractivity contribution in [2.24, 2.45) is 10.9 Å². The van der Waals surface area contributed by atoms with Gasteiger partial charge in [-0.15, -0.1) is 0 Å². The number of oxime groups is 1. The SMILES string of the molecule is CN(CC(C)(C)O)c1ccc(/C(N)=N/O)cc1Br. The molecule has 6 heteroatoms. The Kier molecular flexibility index (Phi) is 4.59. The molecule has 1 aromatic carbocycles. The topological polar surface area (TPSA) is 82.1 Å². The minimum Gasteiger partial charge on any atom is -0.409 e. The van der Waals surface area contributed by atoms with Crippen molar-refractivity contribution in [3.63, 3.8) is 0 Å². The second kappa shape index (κ2) is 5.58. The minimum absolute atomic E-state index is 0.0624. The molecule has 0 saturated carbocycles. The van der Waals surface area contributed by atoms with Gasteiger partial charge >= 0.3 is 0 Å². The van der Waals surface area contributed by atoms with Crippen LogP contribution in [0.5, 0.6) is 0 Å². The van der Waals surface area contributed by atoms with Gasteiger partial charge in [-0.2, -0.15) is 0 Å². The van der Waals surface area contributed by atoms with Gasteiger partial charge in [-0.1, -0.05) is 5.16 Å². The average molecular weight is 316 g/mol. The van der Waals surface area contributed by atoms with E-state index < -0.39 is 5.60 Å². The van der Waals surface area contributed by atoms with Crippen molar-refractivity contribution >= 4 is 27.5 Å². The number of benzene rings is 1. The molecule has 5 nitrogen and oxygen atoms in total. The highest BCUT2D eigenvalue weighted by Crippen LogP contribution is 2.27. The second-order valence-corrected chi connectivity index (χ2v) is 5.67. The van der Waals surface area contributed by atoms with E-state index in [1.807, 2.05) is 18.0 Å². The largest absolute Gasteiger partial charge is 0.409 e. The van der Waals surface area contributed by atoms with Crippen LogP contribution in [0.2, 0.25) is 0 Å². The molecule has 4 N–H and O–H groups in total. The van der Waals surface area contributed by atoms with Crippen LogP contribution < -0.4 is 10.6 Å². The second-order valence-electron chi connectivity index (χ2n) is 4.82. The number of aliphatic hydroxyl groups is 1. The van der Waals surface area contributed by atoms with Crippen LogP contribution in [0.15, 0.2) is 27.8 Å². The molecule has 0 fully saturated rings. The van der Waals surface area contributed by atoms with Crippen LogP contribution in [-0.2, 0) is 0 Å². The molecule has 0 aromatic heterocycles. The van der Waals surface area contributed by atoms with E-state index in [4.69, 9.17) is 10.9 Å². The molecule has 1 rings (SSSR count). The van der Waals surface area contributed by atoms with Gasteiger partial charge < -0.3 is 20.9 Å². The number of halogens is 1. The van der Waals surface area contributed by atoms with Crippen molar-refractivity contribution in [2.45, 2.75) is 19.4 Å². The van der Waals surface area contributed by atoms with Crippen LogP contribution in [0, 0.1) is 0 Å². The standard InChI is InChI=1S/C12H18BrN3O2/c1-12(2,17)7-16(3)10-5-4-8(6-9(10)13)11(14)15-18/h4-6,17-18H,7H2,1-3H3,(H2,14,15). The molecule has 0 heterocycles. The Hall–Kier alpha value is -1.27. The third-order valence-electron chi connectivity index (χ3n) is 2.39. The van der Waals surface area contributed by atoms with Gasteiger partial charge in [0.25, 0.3) is 0 Å². The summed E-state index contributed by atoms with van der Waals surface area (Å²) in [6.07, 6.45) is 0. The molecule has 0 unspecified atom stereocenters. The lowest BCUT2D eigenvalue weighted by atomic mass is 10.1. The van der Waals surface area contributed by atoms with Crippen LogP contribution in [0.4, 0.5) is 5.69 Å². The highest BCUT2D eigenvalue weighted by Gasteiger charge is 2.17. The fourth-order valence-corrected chi connectivity index (χ4v) is 2.38. The van der Waals surface area contributed by atoms with E-state index in [9.17, 15) is 5.11 Å². The Morgan fingerprint density at radius 1 is 1.50 bits per heavy atom. The normalized spacial score (nSPS) is 12.6. The number of hydrogen-bond donors (Lipinski definition) is 3. The predicted octanol–water partition coefficient (Wildman–Crippen LogP) is 1.75. The zero-order valence-corrected chi connectivity index (χ0v) is 12.3. The first-order valence-corrected chi connectivity index (χ1v) is 6.25. The Bertz CT molecular complexity index is 455. The smallest absolute Gasteiger partial charge is 0.170 e. The predicted molar refractivity (Wildman–Crippen MR) is 76.2 cm³/mol. The Labute approximate surface area is 115 Å². The maximum Gasteiger partial charge on any atom is 0.170 e. The van der Waals surface area contributed by atoms with Crippen LogP contribution >= 0.6 is 15.9 Å². The van der Waals surface area contributed by atoms with Crippen LogP contribution in [0.25, 0.3) is 0 Å². The van der Waals surface area contributed by atoms with Crippen molar-refractivity contribution in [2.75, 3.05) is 18.5 Å². The summed E-state index contributed by atoms with van der Waals surface area (Å²) >= 11 is 3.44. The molecule has 0 atom stereocenters. The lowest BCUT2D eigenvalue weighted by Crippen LogP contribution is -2.36. The van der Waals surface area contributed by atoms with E-state index in [1.165, 1.54) is 0 Å². The van der Waals surface area contributed by atoms with E-state index in [0.29, 0.717) is 12.1 Å². The molecular weight excluding hydrogens is 298 g/mol. The van der Waals surface area contributed by atoms with E-state index in [1.54, 1.807) is 26.0 Å². The zero-order chi connectivity index (χ0) is 13.9. The third-order valence-corrected chi connectivity index (χ3v) is 3.02. The summed E-state index contributed by atoms with van der Waals surface area (Å²) < 4.78 is 0.818. The first-order chi connectivity index (χ1) is 8.24. The minimum atomic E-state index is -0.779. The summed E-state index contributed by atoms with van der Waals surface area (Å²) in [5.41, 5.74) is 6.29. The highest BCUT2D eigenvalue weighted by molar-refractivity contribution is 9.10. The zero-order valence-electron chi connectivity index (χ0n) is 10.7. The number of rotatable bonds is 4. The monoisotopic (exact) mass is 315 g/mol. The van der Waals surface area contributed by atoms with E-state index in [2.05, 4.69) is 21.1 Å². The summed E-state index contributed by atoms with van der Waals surface area (Å²) in [4.78, 5) is 1.93. The molecule has 18 heavy (non-hydrogen) atoms. The molecule has 0 aliphatic heterocycles. The summed E-state index contributed by atoms with van der Waals surface area (Å²) in [7, 11) is 1.89. The Morgan fingerprint density at radius 3 is 2.56 bits per heavy atom. The quantitative estimate of drug-likeness (QED) is 0.342. The summed E-state index contributed by atoms with van der Waals surface area (Å²) in [5, 5.41) is 21.4. The van der Waals surface area contributed by atoms with Crippen LogP contribution in [-0.4, -0.2) is 35.3 Å². The van der Waals surface area contributed by atoms with Crippen molar-refractivity contribution in [3.05, 3.63) is 28.2 Å². The van der Waals surface area contributed by atoms with Crippen molar-refractivity contribution in [1.82, 2.24) is 0 Å². The van der Waals surface area contributed by atoms with E-state index in [-0.39, 0.29) is 5.84 Å². The maximum atomic E-state index is 9.79. The number of nitrogens with zero attached hydrogens (tertiary/aromatic N) is 2. The van der Waals surface area contributed by atoms with Gasteiger partial charge in [-0.05, 0) is 48.0 Å². The summed E-state index contributed by atoms with van der Waals surface area (Å²) in [6, 6.07) is 5.38. The van der Waals surface area contributed by atoms with Gasteiger partial charge in [0.1, 0.15) is 0 Å². The molecule has 1 aromatic rings. The van der Waals surface area contributed by atoms with Gasteiger partial charge in [0, 0.05) is 23.6 Å². The van der Waals surface area contributed by atoms with E-state index in [0.717, 1.165) is 10.2 Å². The number of amidine groups is 1. The average Bonchev–Trinajstić information content (AvgIpc) is 2.25. The molecule has 0 saturated heterocycles. The van der Waals surface area contributed by atoms with Crippen molar-refractivity contribution in [1.29, 1.82) is 0 Å². The van der Waals surface area contributed by atoms with Crippen molar-refractivity contribution in [3.8, 4) is 0 Å². The highest BCUT2D eigenvalue weighted by atomic mass is 79.9.